The summed E-state index contributed by atoms with van der Waals surface area (Å²) in [7, 11) is 0. The van der Waals surface area contributed by atoms with Crippen LogP contribution in [-0.4, -0.2) is 56.7 Å². The van der Waals surface area contributed by atoms with Crippen LogP contribution in [0.4, 0.5) is 0 Å². The Morgan fingerprint density at radius 1 is 1.21 bits per heavy atom. The molecule has 4 saturated carbocycles. The maximum absolute atomic E-state index is 13.9. The van der Waals surface area contributed by atoms with Crippen LogP contribution < -0.4 is 11.1 Å². The molecule has 2 heterocycles. The van der Waals surface area contributed by atoms with Gasteiger partial charge in [0.05, 0.1) is 11.0 Å². The van der Waals surface area contributed by atoms with E-state index in [1.807, 2.05) is 17.9 Å². The highest BCUT2D eigenvalue weighted by atomic mass is 16.2. The second kappa shape index (κ2) is 6.27. The summed E-state index contributed by atoms with van der Waals surface area (Å²) >= 11 is 0. The van der Waals surface area contributed by atoms with Gasteiger partial charge in [0.25, 0.3) is 0 Å². The smallest absolute Gasteiger partial charge is 0.242 e. The van der Waals surface area contributed by atoms with Crippen LogP contribution in [0.25, 0.3) is 0 Å². The van der Waals surface area contributed by atoms with Crippen molar-refractivity contribution in [2.24, 2.45) is 23.0 Å². The van der Waals surface area contributed by atoms with Crippen molar-refractivity contribution in [1.82, 2.24) is 25.0 Å². The highest BCUT2D eigenvalue weighted by Crippen LogP contribution is 2.64. The first-order valence-electron chi connectivity index (χ1n) is 10.6. The molecule has 5 fully saturated rings. The highest BCUT2D eigenvalue weighted by Gasteiger charge is 2.63. The van der Waals surface area contributed by atoms with Gasteiger partial charge in [-0.25, -0.2) is 9.67 Å². The Bertz CT molecular complexity index is 764. The Morgan fingerprint density at radius 3 is 2.61 bits per heavy atom. The molecule has 6 rings (SSSR count). The van der Waals surface area contributed by atoms with E-state index >= 15 is 0 Å². The van der Waals surface area contributed by atoms with Gasteiger partial charge in [0.1, 0.15) is 18.7 Å². The Hall–Kier alpha value is -1.96. The third-order valence-electron chi connectivity index (χ3n) is 7.64. The van der Waals surface area contributed by atoms with Gasteiger partial charge >= 0.3 is 0 Å². The van der Waals surface area contributed by atoms with Crippen molar-refractivity contribution in [3.63, 3.8) is 0 Å². The van der Waals surface area contributed by atoms with Crippen LogP contribution in [0.2, 0.25) is 0 Å². The van der Waals surface area contributed by atoms with Gasteiger partial charge in [-0.1, -0.05) is 0 Å². The number of hydrogen-bond donors (Lipinski definition) is 2. The molecule has 4 bridgehead atoms. The lowest BCUT2D eigenvalue weighted by Gasteiger charge is -2.61. The molecule has 1 aromatic heterocycles. The van der Waals surface area contributed by atoms with Gasteiger partial charge in [0, 0.05) is 19.1 Å². The summed E-state index contributed by atoms with van der Waals surface area (Å²) in [6, 6.07) is -0.562. The van der Waals surface area contributed by atoms with E-state index in [9.17, 15) is 9.59 Å². The van der Waals surface area contributed by atoms with Gasteiger partial charge in [-0.15, -0.1) is 0 Å². The molecule has 4 atom stereocenters. The Kier molecular flexibility index (Phi) is 4.05. The minimum Gasteiger partial charge on any atom is -0.355 e. The Labute approximate surface area is 165 Å². The van der Waals surface area contributed by atoms with Crippen molar-refractivity contribution in [1.29, 1.82) is 0 Å². The first-order valence-corrected chi connectivity index (χ1v) is 10.6. The molecule has 0 aromatic carbocycles. The van der Waals surface area contributed by atoms with Crippen LogP contribution in [0, 0.1) is 17.3 Å². The number of amides is 2. The van der Waals surface area contributed by atoms with Crippen LogP contribution in [0.3, 0.4) is 0 Å². The molecule has 1 aliphatic heterocycles. The topological polar surface area (TPSA) is 106 Å². The summed E-state index contributed by atoms with van der Waals surface area (Å²) in [4.78, 5) is 32.5. The van der Waals surface area contributed by atoms with Crippen molar-refractivity contribution >= 4 is 11.8 Å². The number of likely N-dealkylation sites (N-methyl/N-ethyl adjacent to an activating group) is 1. The fourth-order valence-electron chi connectivity index (χ4n) is 7.12. The van der Waals surface area contributed by atoms with Gasteiger partial charge in [-0.05, 0) is 63.7 Å². The zero-order valence-corrected chi connectivity index (χ0v) is 16.5. The summed E-state index contributed by atoms with van der Waals surface area (Å²) in [6.07, 6.45) is 10.0. The third kappa shape index (κ3) is 2.60. The number of aromatic nitrogens is 3. The van der Waals surface area contributed by atoms with Gasteiger partial charge < -0.3 is 16.0 Å². The number of nitrogens with two attached hydrogens (primary N) is 1. The summed E-state index contributed by atoms with van der Waals surface area (Å²) in [5.74, 6) is 1.18. The standard InChI is InChI=1S/C20H30N6O2/c1-2-23-17(27)16-4-15(21)9-25(16)18(28)19-5-13-3-14(6-19)8-20(7-13,10-19)26-12-22-11-24-26/h11-16H,2-10,21H2,1H3,(H,23,27)/t13?,14?,15-,16-,19?,20?/m0/s1. The molecular formula is C20H30N6O2. The summed E-state index contributed by atoms with van der Waals surface area (Å²) in [5.41, 5.74) is 5.70. The average molecular weight is 387 g/mol. The summed E-state index contributed by atoms with van der Waals surface area (Å²) < 4.78 is 2.02. The van der Waals surface area contributed by atoms with Gasteiger partial charge in [-0.2, -0.15) is 5.10 Å². The number of hydrogen-bond acceptors (Lipinski definition) is 5. The van der Waals surface area contributed by atoms with Crippen molar-refractivity contribution < 1.29 is 9.59 Å². The van der Waals surface area contributed by atoms with E-state index in [0.29, 0.717) is 31.3 Å². The van der Waals surface area contributed by atoms with E-state index in [4.69, 9.17) is 5.73 Å². The fraction of sp³-hybridized carbons (Fsp3) is 0.800. The number of rotatable bonds is 4. The Balaban J connectivity index is 1.47. The molecule has 28 heavy (non-hydrogen) atoms. The molecule has 1 aromatic rings. The van der Waals surface area contributed by atoms with E-state index in [1.54, 1.807) is 11.2 Å². The molecule has 5 aliphatic rings. The first kappa shape index (κ1) is 18.1. The number of carbonyl (C=O) groups excluding carboxylic acids is 2. The lowest BCUT2D eigenvalue weighted by molar-refractivity contribution is -0.168. The molecule has 152 valence electrons. The zero-order valence-electron chi connectivity index (χ0n) is 16.5. The molecule has 2 unspecified atom stereocenters. The van der Waals surface area contributed by atoms with Crippen molar-refractivity contribution in [2.75, 3.05) is 13.1 Å². The number of nitrogens with one attached hydrogen (secondary N) is 1. The average Bonchev–Trinajstić information content (AvgIpc) is 3.30. The SMILES string of the molecule is CCNC(=O)[C@@H]1C[C@H](N)CN1C(=O)C12CC3CC(C1)CC(n1cncn1)(C3)C2. The van der Waals surface area contributed by atoms with Crippen molar-refractivity contribution in [2.45, 2.75) is 69.5 Å². The largest absolute Gasteiger partial charge is 0.355 e. The molecule has 3 N–H and O–H groups in total. The molecule has 1 saturated heterocycles. The maximum Gasteiger partial charge on any atom is 0.242 e. The van der Waals surface area contributed by atoms with Crippen molar-refractivity contribution in [3.8, 4) is 0 Å². The van der Waals surface area contributed by atoms with E-state index in [1.165, 1.54) is 6.42 Å². The third-order valence-corrected chi connectivity index (χ3v) is 7.64. The molecule has 0 spiro atoms. The first-order chi connectivity index (χ1) is 13.4. The lowest BCUT2D eigenvalue weighted by atomic mass is 9.46. The highest BCUT2D eigenvalue weighted by molar-refractivity contribution is 5.91. The number of nitrogens with zero attached hydrogens (tertiary/aromatic N) is 4. The predicted molar refractivity (Wildman–Crippen MR) is 102 cm³/mol. The van der Waals surface area contributed by atoms with Crippen LogP contribution in [0.15, 0.2) is 12.7 Å². The normalized spacial score (nSPS) is 41.4. The van der Waals surface area contributed by atoms with Gasteiger partial charge in [-0.3, -0.25) is 9.59 Å². The van der Waals surface area contributed by atoms with Crippen LogP contribution >= 0.6 is 0 Å². The van der Waals surface area contributed by atoms with Gasteiger partial charge in [0.15, 0.2) is 0 Å². The van der Waals surface area contributed by atoms with E-state index in [2.05, 4.69) is 15.4 Å². The number of likely N-dealkylation sites (tertiary alicyclic amines) is 1. The second-order valence-corrected chi connectivity index (χ2v) is 9.67. The van der Waals surface area contributed by atoms with E-state index in [-0.39, 0.29) is 28.8 Å². The molecule has 0 radical (unpaired) electrons. The van der Waals surface area contributed by atoms with Gasteiger partial charge in [0.2, 0.25) is 11.8 Å². The van der Waals surface area contributed by atoms with Crippen LogP contribution in [0.5, 0.6) is 0 Å². The minimum atomic E-state index is -0.433. The quantitative estimate of drug-likeness (QED) is 0.790. The molecule has 8 heteroatoms. The second-order valence-electron chi connectivity index (χ2n) is 9.67. The van der Waals surface area contributed by atoms with E-state index in [0.717, 1.165) is 32.1 Å². The zero-order chi connectivity index (χ0) is 19.5. The van der Waals surface area contributed by atoms with Crippen LogP contribution in [-0.2, 0) is 15.1 Å². The summed E-state index contributed by atoms with van der Waals surface area (Å²) in [5, 5.41) is 7.36. The monoisotopic (exact) mass is 386 g/mol. The fourth-order valence-corrected chi connectivity index (χ4v) is 7.12. The molecule has 2 amide bonds. The minimum absolute atomic E-state index is 0.0699. The lowest BCUT2D eigenvalue weighted by Crippen LogP contribution is -2.62. The van der Waals surface area contributed by atoms with Crippen LogP contribution in [0.1, 0.15) is 51.9 Å². The number of carbonyl (C=O) groups is 2. The Morgan fingerprint density at radius 2 is 1.96 bits per heavy atom. The molecule has 4 aliphatic carbocycles. The molecular weight excluding hydrogens is 356 g/mol. The summed E-state index contributed by atoms with van der Waals surface area (Å²) in [6.45, 7) is 2.95. The predicted octanol–water partition coefficient (Wildman–Crippen LogP) is 0.638. The maximum atomic E-state index is 13.9. The molecule has 8 nitrogen and oxygen atoms in total. The van der Waals surface area contributed by atoms with E-state index < -0.39 is 6.04 Å². The van der Waals surface area contributed by atoms with Crippen molar-refractivity contribution in [3.05, 3.63) is 12.7 Å².